The first-order valence-electron chi connectivity index (χ1n) is 13.2. The predicted octanol–water partition coefficient (Wildman–Crippen LogP) is 2.85. The van der Waals surface area contributed by atoms with E-state index >= 15 is 0 Å². The van der Waals surface area contributed by atoms with Crippen molar-refractivity contribution >= 4 is 22.5 Å². The zero-order chi connectivity index (χ0) is 25.5. The number of aryl methyl sites for hydroxylation is 1. The zero-order valence-corrected chi connectivity index (χ0v) is 21.0. The number of hydrogen-bond acceptors (Lipinski definition) is 7. The van der Waals surface area contributed by atoms with Gasteiger partial charge in [0.2, 0.25) is 0 Å². The molecule has 2 saturated carbocycles. The van der Waals surface area contributed by atoms with Gasteiger partial charge in [-0.2, -0.15) is 5.26 Å². The maximum absolute atomic E-state index is 12.7. The largest absolute Gasteiger partial charge is 0.367 e. The second kappa shape index (κ2) is 9.60. The molecule has 3 heterocycles. The number of anilines is 1. The van der Waals surface area contributed by atoms with E-state index in [0.29, 0.717) is 22.8 Å². The summed E-state index contributed by atoms with van der Waals surface area (Å²) in [6, 6.07) is 12.3. The highest BCUT2D eigenvalue weighted by Gasteiger charge is 2.34. The molecule has 2 unspecified atom stereocenters. The zero-order valence-electron chi connectivity index (χ0n) is 21.0. The molecule has 9 heteroatoms. The number of nitriles is 1. The normalized spacial score (nSPS) is 22.2. The first kappa shape index (κ1) is 23.6. The number of amides is 1. The van der Waals surface area contributed by atoms with E-state index in [4.69, 9.17) is 4.98 Å². The molecule has 1 saturated heterocycles. The SMILES string of the molecule is Cc1ccc2nc(C3CCC(N4CCN(c5ccc(C(=O)NC6CC6)nc5C#N)CC4)C3)[nH]c(=O)c2c1. The minimum absolute atomic E-state index is 0.0568. The van der Waals surface area contributed by atoms with Crippen LogP contribution in [0.2, 0.25) is 0 Å². The first-order valence-corrected chi connectivity index (χ1v) is 13.2. The summed E-state index contributed by atoms with van der Waals surface area (Å²) in [5, 5.41) is 13.3. The van der Waals surface area contributed by atoms with E-state index < -0.39 is 0 Å². The van der Waals surface area contributed by atoms with Crippen LogP contribution in [0.3, 0.4) is 0 Å². The number of piperazine rings is 1. The molecule has 190 valence electrons. The summed E-state index contributed by atoms with van der Waals surface area (Å²) in [5.41, 5.74) is 3.17. The van der Waals surface area contributed by atoms with Gasteiger partial charge in [-0.15, -0.1) is 0 Å². The van der Waals surface area contributed by atoms with Gasteiger partial charge in [0.15, 0.2) is 5.69 Å². The number of aromatic amines is 1. The predicted molar refractivity (Wildman–Crippen MR) is 141 cm³/mol. The van der Waals surface area contributed by atoms with Gasteiger partial charge in [-0.25, -0.2) is 9.97 Å². The third-order valence-electron chi connectivity index (χ3n) is 7.97. The topological polar surface area (TPSA) is 118 Å². The molecule has 0 spiro atoms. The Balaban J connectivity index is 1.09. The van der Waals surface area contributed by atoms with Crippen LogP contribution in [0, 0.1) is 18.3 Å². The van der Waals surface area contributed by atoms with E-state index in [2.05, 4.69) is 31.2 Å². The Labute approximate surface area is 215 Å². The van der Waals surface area contributed by atoms with Crippen molar-refractivity contribution in [1.29, 1.82) is 5.26 Å². The molecule has 1 amide bonds. The second-order valence-electron chi connectivity index (χ2n) is 10.6. The Hall–Kier alpha value is -3.77. The van der Waals surface area contributed by atoms with Crippen molar-refractivity contribution in [2.45, 2.75) is 57.0 Å². The molecule has 9 nitrogen and oxygen atoms in total. The van der Waals surface area contributed by atoms with Crippen LogP contribution in [0.15, 0.2) is 35.1 Å². The smallest absolute Gasteiger partial charge is 0.270 e. The number of rotatable bonds is 5. The van der Waals surface area contributed by atoms with Crippen LogP contribution < -0.4 is 15.8 Å². The summed E-state index contributed by atoms with van der Waals surface area (Å²) in [7, 11) is 0. The molecule has 1 aromatic carbocycles. The van der Waals surface area contributed by atoms with Crippen LogP contribution in [0.4, 0.5) is 5.69 Å². The standard InChI is InChI=1S/C28H31N7O2/c1-17-2-7-22-21(14-17)27(36)33-26(32-22)18-3-6-20(15-18)34-10-12-35(13-11-34)25-9-8-23(31-24(25)16-29)28(37)30-19-4-5-19/h2,7-9,14,18-20H,3-6,10-13,15H2,1H3,(H,30,37)(H,32,33,36). The number of H-pyrrole nitrogens is 1. The highest BCUT2D eigenvalue weighted by atomic mass is 16.2. The Morgan fingerprint density at radius 3 is 2.65 bits per heavy atom. The number of nitrogens with one attached hydrogen (secondary N) is 2. The van der Waals surface area contributed by atoms with Crippen LogP contribution in [0.5, 0.6) is 0 Å². The van der Waals surface area contributed by atoms with Crippen molar-refractivity contribution in [3.63, 3.8) is 0 Å². The second-order valence-corrected chi connectivity index (χ2v) is 10.6. The number of pyridine rings is 1. The van der Waals surface area contributed by atoms with Gasteiger partial charge in [0.1, 0.15) is 17.6 Å². The van der Waals surface area contributed by atoms with Crippen LogP contribution in [0.1, 0.15) is 65.6 Å². The molecular weight excluding hydrogens is 466 g/mol. The molecule has 3 aromatic rings. The number of fused-ring (bicyclic) bond motifs is 1. The summed E-state index contributed by atoms with van der Waals surface area (Å²) >= 11 is 0. The summed E-state index contributed by atoms with van der Waals surface area (Å²) in [6.45, 7) is 5.38. The molecule has 1 aliphatic heterocycles. The fourth-order valence-electron chi connectivity index (χ4n) is 5.73. The lowest BCUT2D eigenvalue weighted by Gasteiger charge is -2.39. The van der Waals surface area contributed by atoms with Gasteiger partial charge in [-0.05, 0) is 63.3 Å². The third kappa shape index (κ3) is 4.81. The van der Waals surface area contributed by atoms with Gasteiger partial charge in [0, 0.05) is 44.2 Å². The van der Waals surface area contributed by atoms with E-state index in [-0.39, 0.29) is 23.4 Å². The van der Waals surface area contributed by atoms with Crippen LogP contribution >= 0.6 is 0 Å². The number of carbonyl (C=O) groups excluding carboxylic acids is 1. The van der Waals surface area contributed by atoms with Crippen LogP contribution in [-0.2, 0) is 0 Å². The van der Waals surface area contributed by atoms with Crippen molar-refractivity contribution < 1.29 is 4.79 Å². The van der Waals surface area contributed by atoms with E-state index in [9.17, 15) is 14.9 Å². The molecule has 3 fully saturated rings. The van der Waals surface area contributed by atoms with Gasteiger partial charge >= 0.3 is 0 Å². The van der Waals surface area contributed by atoms with Crippen LogP contribution in [-0.4, -0.2) is 64.0 Å². The summed E-state index contributed by atoms with van der Waals surface area (Å²) in [5.74, 6) is 0.853. The van der Waals surface area contributed by atoms with Crippen molar-refractivity contribution in [2.75, 3.05) is 31.1 Å². The summed E-state index contributed by atoms with van der Waals surface area (Å²) < 4.78 is 0. The minimum Gasteiger partial charge on any atom is -0.367 e. The molecule has 0 radical (unpaired) electrons. The third-order valence-corrected chi connectivity index (χ3v) is 7.97. The Morgan fingerprint density at radius 2 is 1.89 bits per heavy atom. The fourth-order valence-corrected chi connectivity index (χ4v) is 5.73. The molecule has 2 N–H and O–H groups in total. The number of carbonyl (C=O) groups is 1. The lowest BCUT2D eigenvalue weighted by molar-refractivity contribution is 0.0946. The molecule has 2 aromatic heterocycles. The van der Waals surface area contributed by atoms with E-state index in [1.807, 2.05) is 31.2 Å². The van der Waals surface area contributed by atoms with Crippen molar-refractivity contribution in [3.8, 4) is 6.07 Å². The van der Waals surface area contributed by atoms with Gasteiger partial charge in [-0.3, -0.25) is 14.5 Å². The van der Waals surface area contributed by atoms with Crippen molar-refractivity contribution in [3.05, 3.63) is 63.5 Å². The molecule has 2 atom stereocenters. The minimum atomic E-state index is -0.205. The maximum Gasteiger partial charge on any atom is 0.270 e. The highest BCUT2D eigenvalue weighted by molar-refractivity contribution is 5.93. The van der Waals surface area contributed by atoms with Gasteiger partial charge in [0.05, 0.1) is 16.6 Å². The average Bonchev–Trinajstić information content (AvgIpc) is 3.59. The monoisotopic (exact) mass is 497 g/mol. The first-order chi connectivity index (χ1) is 18.0. The number of hydrogen-bond donors (Lipinski definition) is 2. The molecule has 37 heavy (non-hydrogen) atoms. The van der Waals surface area contributed by atoms with E-state index in [0.717, 1.165) is 80.9 Å². The number of benzene rings is 1. The van der Waals surface area contributed by atoms with Gasteiger partial charge in [0.25, 0.3) is 11.5 Å². The number of aromatic nitrogens is 3. The van der Waals surface area contributed by atoms with Crippen molar-refractivity contribution in [2.24, 2.45) is 0 Å². The Morgan fingerprint density at radius 1 is 1.08 bits per heavy atom. The average molecular weight is 498 g/mol. The van der Waals surface area contributed by atoms with Crippen LogP contribution in [0.25, 0.3) is 10.9 Å². The Kier molecular flexibility index (Phi) is 6.13. The highest BCUT2D eigenvalue weighted by Crippen LogP contribution is 2.36. The lowest BCUT2D eigenvalue weighted by Crippen LogP contribution is -2.50. The summed E-state index contributed by atoms with van der Waals surface area (Å²) in [6.07, 6.45) is 5.10. The van der Waals surface area contributed by atoms with Crippen molar-refractivity contribution in [1.82, 2.24) is 25.2 Å². The fraction of sp³-hybridized carbons (Fsp3) is 0.464. The van der Waals surface area contributed by atoms with E-state index in [1.54, 1.807) is 6.07 Å². The maximum atomic E-state index is 12.7. The molecule has 2 aliphatic carbocycles. The lowest BCUT2D eigenvalue weighted by atomic mass is 10.1. The molecule has 6 rings (SSSR count). The Bertz CT molecular complexity index is 1450. The summed E-state index contributed by atoms with van der Waals surface area (Å²) in [4.78, 5) is 41.9. The number of nitrogens with zero attached hydrogens (tertiary/aromatic N) is 5. The molecule has 0 bridgehead atoms. The van der Waals surface area contributed by atoms with Gasteiger partial charge in [-0.1, -0.05) is 11.6 Å². The molecule has 3 aliphatic rings. The van der Waals surface area contributed by atoms with Gasteiger partial charge < -0.3 is 15.2 Å². The quantitative estimate of drug-likeness (QED) is 0.556. The van der Waals surface area contributed by atoms with E-state index in [1.165, 1.54) is 0 Å². The molecular formula is C28H31N7O2.